The molecule has 0 aliphatic heterocycles. The van der Waals surface area contributed by atoms with E-state index in [4.69, 9.17) is 4.99 Å². The van der Waals surface area contributed by atoms with Gasteiger partial charge >= 0.3 is 0 Å². The van der Waals surface area contributed by atoms with Crippen LogP contribution in [0.3, 0.4) is 0 Å². The Hall–Kier alpha value is -2.44. The molecule has 1 heterocycles. The minimum Gasteiger partial charge on any atom is -0.352 e. The maximum absolute atomic E-state index is 12.6. The molecule has 0 aliphatic rings. The summed E-state index contributed by atoms with van der Waals surface area (Å²) >= 11 is 1.43. The van der Waals surface area contributed by atoms with Crippen LogP contribution in [0.5, 0.6) is 0 Å². The molecule has 1 amide bonds. The van der Waals surface area contributed by atoms with Crippen molar-refractivity contribution < 1.29 is 4.79 Å². The fourth-order valence-corrected chi connectivity index (χ4v) is 3.62. The number of aromatic nitrogens is 1. The summed E-state index contributed by atoms with van der Waals surface area (Å²) in [7, 11) is 0. The number of nitrogens with one attached hydrogen (secondary N) is 2. The van der Waals surface area contributed by atoms with Gasteiger partial charge in [0.15, 0.2) is 0 Å². The van der Waals surface area contributed by atoms with E-state index in [-0.39, 0.29) is 11.9 Å². The first kappa shape index (κ1) is 24.8. The molecule has 1 aromatic carbocycles. The van der Waals surface area contributed by atoms with Crippen LogP contribution >= 0.6 is 11.9 Å². The Morgan fingerprint density at radius 2 is 2.10 bits per heavy atom. The van der Waals surface area contributed by atoms with Crippen LogP contribution in [0.2, 0.25) is 0 Å². The first-order valence-corrected chi connectivity index (χ1v) is 11.6. The topological polar surface area (TPSA) is 66.4 Å². The molecular weight excluding hydrogens is 404 g/mol. The number of hydrogen-bond donors (Lipinski definition) is 2. The second-order valence-corrected chi connectivity index (χ2v) is 8.87. The zero-order valence-corrected chi connectivity index (χ0v) is 19.8. The molecule has 6 heteroatoms. The SMILES string of the molecule is C=CSNC[C@H](Cc1cccnc1)NC(=O)CC/C(C)=N/c1ccc(C(C)C)cc1C. The summed E-state index contributed by atoms with van der Waals surface area (Å²) in [4.78, 5) is 21.5. The van der Waals surface area contributed by atoms with E-state index in [1.807, 2.05) is 25.3 Å². The second-order valence-electron chi connectivity index (χ2n) is 8.01. The summed E-state index contributed by atoms with van der Waals surface area (Å²) in [6.07, 6.45) is 5.35. The number of aliphatic imine (C=N–C) groups is 1. The number of benzene rings is 1. The van der Waals surface area contributed by atoms with Crippen molar-refractivity contribution in [1.29, 1.82) is 0 Å². The Morgan fingerprint density at radius 3 is 2.74 bits per heavy atom. The summed E-state index contributed by atoms with van der Waals surface area (Å²) in [5.74, 6) is 0.529. The Morgan fingerprint density at radius 1 is 1.29 bits per heavy atom. The van der Waals surface area contributed by atoms with Crippen LogP contribution in [0.1, 0.15) is 56.2 Å². The van der Waals surface area contributed by atoms with E-state index in [1.54, 1.807) is 11.6 Å². The Bertz CT molecular complexity index is 880. The van der Waals surface area contributed by atoms with Gasteiger partial charge in [-0.25, -0.2) is 0 Å². The Balaban J connectivity index is 1.92. The summed E-state index contributed by atoms with van der Waals surface area (Å²) < 4.78 is 3.22. The van der Waals surface area contributed by atoms with Crippen molar-refractivity contribution in [2.24, 2.45) is 4.99 Å². The molecule has 0 aliphatic carbocycles. The molecule has 166 valence electrons. The number of carbonyl (C=O) groups excluding carboxylic acids is 1. The van der Waals surface area contributed by atoms with Gasteiger partial charge in [-0.2, -0.15) is 0 Å². The molecule has 0 radical (unpaired) electrons. The molecule has 5 nitrogen and oxygen atoms in total. The van der Waals surface area contributed by atoms with Crippen molar-refractivity contribution in [3.8, 4) is 0 Å². The van der Waals surface area contributed by atoms with Crippen molar-refractivity contribution in [3.05, 3.63) is 71.4 Å². The molecule has 1 aromatic heterocycles. The molecule has 2 aromatic rings. The lowest BCUT2D eigenvalue weighted by molar-refractivity contribution is -0.121. The van der Waals surface area contributed by atoms with Gasteiger partial charge in [-0.3, -0.25) is 19.5 Å². The molecular formula is C25H34N4OS. The predicted molar refractivity (Wildman–Crippen MR) is 133 cm³/mol. The van der Waals surface area contributed by atoms with Gasteiger partial charge in [-0.15, -0.1) is 0 Å². The number of amides is 1. The van der Waals surface area contributed by atoms with Crippen molar-refractivity contribution in [3.63, 3.8) is 0 Å². The van der Waals surface area contributed by atoms with Crippen LogP contribution in [0.25, 0.3) is 0 Å². The van der Waals surface area contributed by atoms with Crippen LogP contribution in [-0.4, -0.2) is 29.2 Å². The zero-order chi connectivity index (χ0) is 22.6. The minimum atomic E-state index is -0.0211. The number of carbonyl (C=O) groups is 1. The summed E-state index contributed by atoms with van der Waals surface area (Å²) in [5, 5.41) is 4.88. The number of hydrogen-bond acceptors (Lipinski definition) is 5. The molecule has 0 bridgehead atoms. The lowest BCUT2D eigenvalue weighted by Gasteiger charge is -2.19. The minimum absolute atomic E-state index is 0.0211. The summed E-state index contributed by atoms with van der Waals surface area (Å²) in [6, 6.07) is 10.3. The van der Waals surface area contributed by atoms with E-state index >= 15 is 0 Å². The van der Waals surface area contributed by atoms with Gasteiger partial charge in [0.25, 0.3) is 0 Å². The van der Waals surface area contributed by atoms with Gasteiger partial charge in [-0.05, 0) is 66.8 Å². The van der Waals surface area contributed by atoms with E-state index in [0.29, 0.717) is 25.3 Å². The van der Waals surface area contributed by atoms with Crippen LogP contribution < -0.4 is 10.0 Å². The highest BCUT2D eigenvalue weighted by Crippen LogP contribution is 2.24. The predicted octanol–water partition coefficient (Wildman–Crippen LogP) is 5.49. The molecule has 0 fully saturated rings. The quantitative estimate of drug-likeness (QED) is 0.261. The highest BCUT2D eigenvalue weighted by Gasteiger charge is 2.13. The van der Waals surface area contributed by atoms with Gasteiger partial charge in [-0.1, -0.05) is 50.6 Å². The van der Waals surface area contributed by atoms with Crippen molar-refractivity contribution in [2.45, 2.75) is 58.9 Å². The third-order valence-electron chi connectivity index (χ3n) is 4.98. The number of pyridine rings is 1. The van der Waals surface area contributed by atoms with Gasteiger partial charge in [0.2, 0.25) is 5.91 Å². The number of rotatable bonds is 12. The lowest BCUT2D eigenvalue weighted by atomic mass is 10.0. The van der Waals surface area contributed by atoms with Crippen LogP contribution in [0.15, 0.2) is 59.7 Å². The molecule has 0 saturated carbocycles. The summed E-state index contributed by atoms with van der Waals surface area (Å²) in [6.45, 7) is 12.8. The molecule has 0 spiro atoms. The van der Waals surface area contributed by atoms with Gasteiger partial charge in [0.05, 0.1) is 5.69 Å². The smallest absolute Gasteiger partial charge is 0.220 e. The van der Waals surface area contributed by atoms with Crippen LogP contribution in [-0.2, 0) is 11.2 Å². The highest BCUT2D eigenvalue weighted by atomic mass is 32.2. The van der Waals surface area contributed by atoms with Gasteiger partial charge < -0.3 is 5.32 Å². The van der Waals surface area contributed by atoms with Crippen LogP contribution in [0, 0.1) is 6.92 Å². The molecule has 31 heavy (non-hydrogen) atoms. The van der Waals surface area contributed by atoms with E-state index < -0.39 is 0 Å². The Kier molecular flexibility index (Phi) is 10.5. The molecule has 0 saturated heterocycles. The largest absolute Gasteiger partial charge is 0.352 e. The lowest BCUT2D eigenvalue weighted by Crippen LogP contribution is -2.42. The van der Waals surface area contributed by atoms with Crippen molar-refractivity contribution >= 4 is 29.3 Å². The molecule has 0 unspecified atom stereocenters. The van der Waals surface area contributed by atoms with Crippen molar-refractivity contribution in [1.82, 2.24) is 15.0 Å². The Labute approximate surface area is 191 Å². The average molecular weight is 439 g/mol. The normalized spacial score (nSPS) is 12.6. The second kappa shape index (κ2) is 13.1. The molecule has 2 N–H and O–H groups in total. The summed E-state index contributed by atoms with van der Waals surface area (Å²) in [5.41, 5.74) is 5.51. The van der Waals surface area contributed by atoms with Gasteiger partial charge in [0.1, 0.15) is 0 Å². The maximum Gasteiger partial charge on any atom is 0.220 e. The molecule has 1 atom stereocenters. The average Bonchev–Trinajstić information content (AvgIpc) is 2.74. The van der Waals surface area contributed by atoms with Crippen molar-refractivity contribution in [2.75, 3.05) is 6.54 Å². The van der Waals surface area contributed by atoms with E-state index in [9.17, 15) is 4.79 Å². The third-order valence-corrected chi connectivity index (χ3v) is 5.48. The third kappa shape index (κ3) is 9.07. The monoisotopic (exact) mass is 438 g/mol. The molecule has 2 rings (SSSR count). The fraction of sp³-hybridized carbons (Fsp3) is 0.400. The van der Waals surface area contributed by atoms with E-state index in [1.165, 1.54) is 17.5 Å². The highest BCUT2D eigenvalue weighted by molar-refractivity contribution is 8.00. The first-order valence-electron chi connectivity index (χ1n) is 10.7. The van der Waals surface area contributed by atoms with Crippen LogP contribution in [0.4, 0.5) is 5.69 Å². The maximum atomic E-state index is 12.6. The first-order chi connectivity index (χ1) is 14.9. The van der Waals surface area contributed by atoms with E-state index in [0.717, 1.165) is 28.9 Å². The van der Waals surface area contributed by atoms with Gasteiger partial charge in [0, 0.05) is 37.1 Å². The standard InChI is InChI=1S/C25H34N4OS/c1-6-31-27-17-23(15-21-8-7-13-26-16-21)29-25(30)12-9-20(5)28-24-11-10-22(18(2)3)14-19(24)4/h6-8,10-11,13-14,16,18,23,27H,1,9,12,15,17H2,2-5H3,(H,29,30)/b28-20+/t23-/m0/s1. The number of aryl methyl sites for hydroxylation is 1. The zero-order valence-electron chi connectivity index (χ0n) is 19.0. The van der Waals surface area contributed by atoms with E-state index in [2.05, 4.69) is 60.6 Å². The fourth-order valence-electron chi connectivity index (χ4n) is 3.20. The number of nitrogens with zero attached hydrogens (tertiary/aromatic N) is 2.